The molecule has 1 aromatic rings. The van der Waals surface area contributed by atoms with E-state index in [2.05, 4.69) is 32.8 Å². The Balaban J connectivity index is 2.15. The molecule has 3 nitrogen and oxygen atoms in total. The fourth-order valence-electron chi connectivity index (χ4n) is 2.47. The molecule has 0 fully saturated rings. The maximum atomic E-state index is 6.25. The lowest BCUT2D eigenvalue weighted by Crippen LogP contribution is -2.28. The van der Waals surface area contributed by atoms with Crippen LogP contribution in [0.4, 0.5) is 0 Å². The largest absolute Gasteiger partial charge is 0.323 e. The summed E-state index contributed by atoms with van der Waals surface area (Å²) >= 11 is 1.82. The summed E-state index contributed by atoms with van der Waals surface area (Å²) in [6.45, 7) is 5.63. The fraction of sp³-hybridized carbons (Fsp3) is 0.769. The first-order chi connectivity index (χ1) is 7.87. The highest BCUT2D eigenvalue weighted by molar-refractivity contribution is 7.11. The highest BCUT2D eigenvalue weighted by Gasteiger charge is 2.32. The van der Waals surface area contributed by atoms with Crippen LogP contribution in [0, 0.1) is 5.41 Å². The molecule has 17 heavy (non-hydrogen) atoms. The highest BCUT2D eigenvalue weighted by atomic mass is 32.1. The van der Waals surface area contributed by atoms with Crippen molar-refractivity contribution in [1.29, 1.82) is 0 Å². The van der Waals surface area contributed by atoms with Gasteiger partial charge in [0.15, 0.2) is 0 Å². The Morgan fingerprint density at radius 3 is 2.82 bits per heavy atom. The number of fused-ring (bicyclic) bond motifs is 1. The predicted molar refractivity (Wildman–Crippen MR) is 73.4 cm³/mol. The van der Waals surface area contributed by atoms with Crippen molar-refractivity contribution in [3.8, 4) is 0 Å². The maximum Gasteiger partial charge on any atom is 0.0944 e. The van der Waals surface area contributed by atoms with E-state index in [1.165, 1.54) is 15.6 Å². The third kappa shape index (κ3) is 3.06. The molecule has 4 heteroatoms. The molecule has 2 N–H and O–H groups in total. The summed E-state index contributed by atoms with van der Waals surface area (Å²) in [6, 6.07) is 0.194. The second-order valence-corrected chi connectivity index (χ2v) is 7.24. The summed E-state index contributed by atoms with van der Waals surface area (Å²) in [5.74, 6) is 0. The van der Waals surface area contributed by atoms with Gasteiger partial charge in [0.2, 0.25) is 0 Å². The summed E-state index contributed by atoms with van der Waals surface area (Å²) in [4.78, 5) is 8.31. The average molecular weight is 253 g/mol. The number of hydrogen-bond donors (Lipinski definition) is 1. The van der Waals surface area contributed by atoms with Crippen LogP contribution in [0.25, 0.3) is 0 Å². The second-order valence-electron chi connectivity index (χ2n) is 6.12. The van der Waals surface area contributed by atoms with Gasteiger partial charge in [0.25, 0.3) is 0 Å². The topological polar surface area (TPSA) is 42.2 Å². The molecule has 0 saturated carbocycles. The Labute approximate surface area is 108 Å². The maximum absolute atomic E-state index is 6.25. The normalized spacial score (nSPS) is 22.8. The lowest BCUT2D eigenvalue weighted by Gasteiger charge is -2.32. The summed E-state index contributed by atoms with van der Waals surface area (Å²) in [6.07, 6.45) is 3.20. The molecule has 0 aliphatic heterocycles. The Kier molecular flexibility index (Phi) is 3.57. The molecule has 1 unspecified atom stereocenters. The molecule has 1 aliphatic rings. The average Bonchev–Trinajstić information content (AvgIpc) is 2.56. The number of likely N-dealkylation sites (N-methyl/N-ethyl adjacent to an activating group) is 1. The van der Waals surface area contributed by atoms with Gasteiger partial charge in [-0.3, -0.25) is 0 Å². The minimum atomic E-state index is 0.194. The lowest BCUT2D eigenvalue weighted by molar-refractivity contribution is 0.282. The SMILES string of the molecule is CN(C)CCc1nc2c(s1)C(N)CC(C)(C)C2. The van der Waals surface area contributed by atoms with E-state index in [1.54, 1.807) is 0 Å². The zero-order valence-electron chi connectivity index (χ0n) is 11.3. The van der Waals surface area contributed by atoms with Gasteiger partial charge in [-0.15, -0.1) is 11.3 Å². The van der Waals surface area contributed by atoms with Gasteiger partial charge in [0, 0.05) is 23.9 Å². The van der Waals surface area contributed by atoms with Crippen molar-refractivity contribution in [2.75, 3.05) is 20.6 Å². The lowest BCUT2D eigenvalue weighted by atomic mass is 9.77. The van der Waals surface area contributed by atoms with Gasteiger partial charge in [-0.1, -0.05) is 13.8 Å². The molecular weight excluding hydrogens is 230 g/mol. The minimum Gasteiger partial charge on any atom is -0.323 e. The van der Waals surface area contributed by atoms with Crippen molar-refractivity contribution in [1.82, 2.24) is 9.88 Å². The molecule has 2 rings (SSSR count). The number of aromatic nitrogens is 1. The van der Waals surface area contributed by atoms with Gasteiger partial charge in [0.05, 0.1) is 10.7 Å². The van der Waals surface area contributed by atoms with Gasteiger partial charge in [-0.25, -0.2) is 4.98 Å². The van der Waals surface area contributed by atoms with E-state index in [0.29, 0.717) is 5.41 Å². The third-order valence-corrected chi connectivity index (χ3v) is 4.59. The van der Waals surface area contributed by atoms with Crippen LogP contribution in [-0.4, -0.2) is 30.5 Å². The van der Waals surface area contributed by atoms with Crippen molar-refractivity contribution >= 4 is 11.3 Å². The summed E-state index contributed by atoms with van der Waals surface area (Å²) in [5.41, 5.74) is 7.81. The summed E-state index contributed by atoms with van der Waals surface area (Å²) < 4.78 is 0. The molecule has 1 aliphatic carbocycles. The second kappa shape index (κ2) is 4.67. The number of nitrogens with two attached hydrogens (primary N) is 1. The van der Waals surface area contributed by atoms with E-state index in [-0.39, 0.29) is 6.04 Å². The van der Waals surface area contributed by atoms with E-state index in [9.17, 15) is 0 Å². The zero-order chi connectivity index (χ0) is 12.6. The van der Waals surface area contributed by atoms with Gasteiger partial charge in [-0.2, -0.15) is 0 Å². The molecule has 1 aromatic heterocycles. The number of thiazole rings is 1. The van der Waals surface area contributed by atoms with Crippen molar-refractivity contribution in [2.24, 2.45) is 11.1 Å². The summed E-state index contributed by atoms with van der Waals surface area (Å²) in [7, 11) is 4.20. The Hall–Kier alpha value is -0.450. The van der Waals surface area contributed by atoms with E-state index in [0.717, 1.165) is 25.8 Å². The van der Waals surface area contributed by atoms with Crippen LogP contribution in [0.1, 0.15) is 41.9 Å². The minimum absolute atomic E-state index is 0.194. The van der Waals surface area contributed by atoms with Crippen LogP contribution in [-0.2, 0) is 12.8 Å². The van der Waals surface area contributed by atoms with Crippen LogP contribution in [0.2, 0.25) is 0 Å². The first-order valence-corrected chi connectivity index (χ1v) is 7.08. The molecule has 0 radical (unpaired) electrons. The zero-order valence-corrected chi connectivity index (χ0v) is 12.1. The van der Waals surface area contributed by atoms with Gasteiger partial charge in [-0.05, 0) is 32.4 Å². The summed E-state index contributed by atoms with van der Waals surface area (Å²) in [5, 5.41) is 1.25. The van der Waals surface area contributed by atoms with Crippen LogP contribution < -0.4 is 5.73 Å². The van der Waals surface area contributed by atoms with Crippen LogP contribution >= 0.6 is 11.3 Å². The first-order valence-electron chi connectivity index (χ1n) is 6.26. The van der Waals surface area contributed by atoms with Gasteiger partial charge >= 0.3 is 0 Å². The van der Waals surface area contributed by atoms with E-state index in [4.69, 9.17) is 10.7 Å². The van der Waals surface area contributed by atoms with Crippen molar-refractivity contribution in [2.45, 2.75) is 39.2 Å². The number of hydrogen-bond acceptors (Lipinski definition) is 4. The van der Waals surface area contributed by atoms with Gasteiger partial charge < -0.3 is 10.6 Å². The van der Waals surface area contributed by atoms with Crippen LogP contribution in [0.5, 0.6) is 0 Å². The molecule has 0 saturated heterocycles. The fourth-order valence-corrected chi connectivity index (χ4v) is 3.54. The van der Waals surface area contributed by atoms with E-state index in [1.807, 2.05) is 11.3 Å². The molecule has 1 atom stereocenters. The smallest absolute Gasteiger partial charge is 0.0944 e. The Morgan fingerprint density at radius 1 is 1.47 bits per heavy atom. The predicted octanol–water partition coefficient (Wildman–Crippen LogP) is 2.22. The Bertz CT molecular complexity index is 395. The quantitative estimate of drug-likeness (QED) is 0.898. The molecule has 0 amide bonds. The monoisotopic (exact) mass is 253 g/mol. The van der Waals surface area contributed by atoms with Crippen LogP contribution in [0.15, 0.2) is 0 Å². The van der Waals surface area contributed by atoms with Crippen molar-refractivity contribution in [3.63, 3.8) is 0 Å². The third-order valence-electron chi connectivity index (χ3n) is 3.30. The van der Waals surface area contributed by atoms with Gasteiger partial charge in [0.1, 0.15) is 0 Å². The molecule has 0 aromatic carbocycles. The highest BCUT2D eigenvalue weighted by Crippen LogP contribution is 2.41. The molecule has 0 spiro atoms. The standard InChI is InChI=1S/C13H23N3S/c1-13(2)7-9(14)12-10(8-13)15-11(17-12)5-6-16(3)4/h9H,5-8,14H2,1-4H3. The van der Waals surface area contributed by atoms with E-state index >= 15 is 0 Å². The van der Waals surface area contributed by atoms with Crippen molar-refractivity contribution in [3.05, 3.63) is 15.6 Å². The molecule has 1 heterocycles. The molecular formula is C13H23N3S. The van der Waals surface area contributed by atoms with Crippen LogP contribution in [0.3, 0.4) is 0 Å². The molecule has 96 valence electrons. The Morgan fingerprint density at radius 2 is 2.18 bits per heavy atom. The number of nitrogens with zero attached hydrogens (tertiary/aromatic N) is 2. The number of rotatable bonds is 3. The van der Waals surface area contributed by atoms with E-state index < -0.39 is 0 Å². The molecule has 0 bridgehead atoms. The first kappa shape index (κ1) is 13.0. The van der Waals surface area contributed by atoms with Crippen molar-refractivity contribution < 1.29 is 0 Å².